The highest BCUT2D eigenvalue weighted by Gasteiger charge is 2.31. The molecule has 0 saturated carbocycles. The fourth-order valence-corrected chi connectivity index (χ4v) is 4.30. The molecule has 2 aromatic rings. The average Bonchev–Trinajstić information content (AvgIpc) is 3.03. The molecule has 7 heteroatoms. The highest BCUT2D eigenvalue weighted by Crippen LogP contribution is 2.34. The van der Waals surface area contributed by atoms with Crippen LogP contribution in [0, 0.1) is 6.92 Å². The van der Waals surface area contributed by atoms with E-state index in [1.807, 2.05) is 52.8 Å². The molecule has 0 spiro atoms. The molecule has 1 aromatic heterocycles. The molecule has 0 aliphatic rings. The minimum absolute atomic E-state index is 0.149. The first kappa shape index (κ1) is 29.3. The normalized spacial score (nSPS) is 13.9. The first-order chi connectivity index (χ1) is 16.7. The number of halogens is 3. The van der Waals surface area contributed by atoms with E-state index in [4.69, 9.17) is 4.74 Å². The van der Waals surface area contributed by atoms with E-state index < -0.39 is 17.4 Å². The Bertz CT molecular complexity index is 1130. The molecule has 4 nitrogen and oxygen atoms in total. The second-order valence-electron chi connectivity index (χ2n) is 10.1. The second kappa shape index (κ2) is 11.8. The Hall–Kier alpha value is -2.96. The number of carbonyl (C=O) groups excluding carboxylic acids is 1. The van der Waals surface area contributed by atoms with E-state index in [-0.39, 0.29) is 12.0 Å². The van der Waals surface area contributed by atoms with Crippen molar-refractivity contribution in [1.29, 1.82) is 0 Å². The molecule has 0 bridgehead atoms. The summed E-state index contributed by atoms with van der Waals surface area (Å²) in [6.45, 7) is 18.5. The first-order valence-corrected chi connectivity index (χ1v) is 12.3. The average molecular weight is 505 g/mol. The van der Waals surface area contributed by atoms with Crippen LogP contribution in [0.3, 0.4) is 0 Å². The van der Waals surface area contributed by atoms with Gasteiger partial charge in [0, 0.05) is 36.2 Å². The molecule has 1 aromatic carbocycles. The lowest BCUT2D eigenvalue weighted by Gasteiger charge is -2.27. The number of alkyl halides is 3. The number of fused-ring (bicyclic) bond motifs is 1. The topological polar surface area (TPSA) is 34.5 Å². The maximum Gasteiger partial charge on any atom is 0.416 e. The summed E-state index contributed by atoms with van der Waals surface area (Å²) in [5.74, 6) is 0.149. The van der Waals surface area contributed by atoms with E-state index in [1.54, 1.807) is 4.90 Å². The van der Waals surface area contributed by atoms with Gasteiger partial charge < -0.3 is 14.2 Å². The summed E-state index contributed by atoms with van der Waals surface area (Å²) >= 11 is 0. The number of rotatable bonds is 9. The zero-order chi connectivity index (χ0) is 27.3. The molecule has 1 atom stereocenters. The lowest BCUT2D eigenvalue weighted by Crippen LogP contribution is -2.37. The van der Waals surface area contributed by atoms with Crippen LogP contribution in [-0.4, -0.2) is 40.4 Å². The van der Waals surface area contributed by atoms with Gasteiger partial charge in [0.2, 0.25) is 0 Å². The van der Waals surface area contributed by atoms with Crippen LogP contribution in [0.15, 0.2) is 60.2 Å². The van der Waals surface area contributed by atoms with Gasteiger partial charge in [0.1, 0.15) is 5.60 Å². The molecule has 0 radical (unpaired) electrons. The highest BCUT2D eigenvalue weighted by molar-refractivity contribution is 5.86. The third-order valence-corrected chi connectivity index (χ3v) is 6.14. The van der Waals surface area contributed by atoms with Crippen LogP contribution < -0.4 is 0 Å². The van der Waals surface area contributed by atoms with Crippen LogP contribution >= 0.6 is 0 Å². The Balaban J connectivity index is 2.27. The van der Waals surface area contributed by atoms with Gasteiger partial charge in [-0.25, -0.2) is 4.79 Å². The Morgan fingerprint density at radius 2 is 1.83 bits per heavy atom. The maximum atomic E-state index is 13.1. The van der Waals surface area contributed by atoms with E-state index in [9.17, 15) is 18.0 Å². The number of allylic oxidation sites excluding steroid dienone is 5. The quantitative estimate of drug-likeness (QED) is 0.322. The van der Waals surface area contributed by atoms with E-state index in [0.717, 1.165) is 35.2 Å². The van der Waals surface area contributed by atoms with Gasteiger partial charge >= 0.3 is 12.3 Å². The first-order valence-electron chi connectivity index (χ1n) is 12.3. The smallest absolute Gasteiger partial charge is 0.416 e. The van der Waals surface area contributed by atoms with Gasteiger partial charge in [-0.2, -0.15) is 13.2 Å². The third-order valence-electron chi connectivity index (χ3n) is 6.14. The van der Waals surface area contributed by atoms with Gasteiger partial charge in [-0.3, -0.25) is 0 Å². The van der Waals surface area contributed by atoms with Gasteiger partial charge in [-0.1, -0.05) is 49.9 Å². The van der Waals surface area contributed by atoms with Gasteiger partial charge in [0.25, 0.3) is 0 Å². The lowest BCUT2D eigenvalue weighted by atomic mass is 9.94. The van der Waals surface area contributed by atoms with Crippen molar-refractivity contribution in [1.82, 2.24) is 9.47 Å². The summed E-state index contributed by atoms with van der Waals surface area (Å²) in [5.41, 5.74) is 2.55. The molecular formula is C29H39F3N2O2. The van der Waals surface area contributed by atoms with Crippen LogP contribution in [-0.2, 0) is 11.3 Å². The fraction of sp³-hybridized carbons (Fsp3) is 0.483. The standard InChI is InChI=1S/C29H39F3N2O2/c1-9-23(29(30,31)32)16-15-20(3)19-34-22(5)26(24-13-11-12-14-25(24)34)21(4)17-18-33(10-2)27(35)36-28(6,7)8/h9,11-16,21H,3,10,17-19H2,1-2,4-8H3/b16-15-,23-9+. The van der Waals surface area contributed by atoms with Gasteiger partial charge in [-0.05, 0) is 71.1 Å². The molecule has 36 heavy (non-hydrogen) atoms. The van der Waals surface area contributed by atoms with Crippen molar-refractivity contribution in [3.63, 3.8) is 0 Å². The molecule has 0 N–H and O–H groups in total. The van der Waals surface area contributed by atoms with Crippen LogP contribution in [0.4, 0.5) is 18.0 Å². The van der Waals surface area contributed by atoms with Crippen molar-refractivity contribution >= 4 is 17.0 Å². The molecule has 0 fully saturated rings. The van der Waals surface area contributed by atoms with Crippen LogP contribution in [0.5, 0.6) is 0 Å². The summed E-state index contributed by atoms with van der Waals surface area (Å²) in [7, 11) is 0. The van der Waals surface area contributed by atoms with Gasteiger partial charge in [0.05, 0.1) is 5.57 Å². The number of benzene rings is 1. The van der Waals surface area contributed by atoms with E-state index >= 15 is 0 Å². The molecule has 1 unspecified atom stereocenters. The lowest BCUT2D eigenvalue weighted by molar-refractivity contribution is -0.0883. The van der Waals surface area contributed by atoms with Crippen LogP contribution in [0.1, 0.15) is 65.1 Å². The zero-order valence-corrected chi connectivity index (χ0v) is 22.5. The van der Waals surface area contributed by atoms with Crippen molar-refractivity contribution in [3.05, 3.63) is 71.5 Å². The minimum Gasteiger partial charge on any atom is -0.444 e. The van der Waals surface area contributed by atoms with E-state index in [0.29, 0.717) is 25.2 Å². The number of ether oxygens (including phenoxy) is 1. The van der Waals surface area contributed by atoms with Gasteiger partial charge in [-0.15, -0.1) is 0 Å². The van der Waals surface area contributed by atoms with E-state index in [2.05, 4.69) is 24.1 Å². The Kier molecular flexibility index (Phi) is 9.64. The number of carbonyl (C=O) groups is 1. The Morgan fingerprint density at radius 1 is 1.19 bits per heavy atom. The van der Waals surface area contributed by atoms with Crippen LogP contribution in [0.2, 0.25) is 0 Å². The summed E-state index contributed by atoms with van der Waals surface area (Å²) < 4.78 is 46.8. The van der Waals surface area contributed by atoms with Gasteiger partial charge in [0.15, 0.2) is 0 Å². The second-order valence-corrected chi connectivity index (χ2v) is 10.1. The molecule has 198 valence electrons. The summed E-state index contributed by atoms with van der Waals surface area (Å²) in [6.07, 6.45) is -0.409. The van der Waals surface area contributed by atoms with Crippen molar-refractivity contribution < 1.29 is 22.7 Å². The molecular weight excluding hydrogens is 465 g/mol. The number of nitrogens with zero attached hydrogens (tertiary/aromatic N) is 2. The minimum atomic E-state index is -4.39. The summed E-state index contributed by atoms with van der Waals surface area (Å²) in [6, 6.07) is 8.02. The number of aromatic nitrogens is 1. The number of hydrogen-bond acceptors (Lipinski definition) is 2. The molecule has 0 saturated heterocycles. The monoisotopic (exact) mass is 504 g/mol. The number of para-hydroxylation sites is 1. The third kappa shape index (κ3) is 7.52. The van der Waals surface area contributed by atoms with Crippen molar-refractivity contribution in [2.45, 2.75) is 79.1 Å². The fourth-order valence-electron chi connectivity index (χ4n) is 4.30. The molecule has 1 heterocycles. The molecule has 2 rings (SSSR count). The predicted molar refractivity (Wildman–Crippen MR) is 141 cm³/mol. The van der Waals surface area contributed by atoms with Crippen molar-refractivity contribution in [3.8, 4) is 0 Å². The predicted octanol–water partition coefficient (Wildman–Crippen LogP) is 8.32. The van der Waals surface area contributed by atoms with Crippen molar-refractivity contribution in [2.24, 2.45) is 0 Å². The zero-order valence-electron chi connectivity index (χ0n) is 22.5. The highest BCUT2D eigenvalue weighted by atomic mass is 19.4. The van der Waals surface area contributed by atoms with Crippen molar-refractivity contribution in [2.75, 3.05) is 13.1 Å². The molecule has 0 aliphatic carbocycles. The van der Waals surface area contributed by atoms with E-state index in [1.165, 1.54) is 18.6 Å². The Morgan fingerprint density at radius 3 is 2.39 bits per heavy atom. The molecule has 1 amide bonds. The van der Waals surface area contributed by atoms with Crippen LogP contribution in [0.25, 0.3) is 10.9 Å². The SMILES string of the molecule is C=C(/C=C\C(=C/C)C(F)(F)F)Cn1c(C)c(C(C)CCN(CC)C(=O)OC(C)(C)C)c2ccccc21. The largest absolute Gasteiger partial charge is 0.444 e. The number of amides is 1. The summed E-state index contributed by atoms with van der Waals surface area (Å²) in [5, 5.41) is 1.10. The molecule has 0 aliphatic heterocycles. The summed E-state index contributed by atoms with van der Waals surface area (Å²) in [4.78, 5) is 14.3. The Labute approximate surface area is 213 Å². The maximum absolute atomic E-state index is 13.1. The number of hydrogen-bond donors (Lipinski definition) is 0.